The van der Waals surface area contributed by atoms with E-state index in [1.54, 1.807) is 12.1 Å². The van der Waals surface area contributed by atoms with Crippen molar-refractivity contribution >= 4 is 39.2 Å². The van der Waals surface area contributed by atoms with E-state index < -0.39 is 6.04 Å². The van der Waals surface area contributed by atoms with Gasteiger partial charge in [-0.2, -0.15) is 10.5 Å². The second-order valence-electron chi connectivity index (χ2n) is 6.09. The van der Waals surface area contributed by atoms with E-state index in [9.17, 15) is 5.26 Å². The number of guanidine groups is 1. The van der Waals surface area contributed by atoms with Gasteiger partial charge in [-0.25, -0.2) is 9.98 Å². The topological polar surface area (TPSA) is 167 Å². The molecular weight excluding hydrogens is 452 g/mol. The lowest BCUT2D eigenvalue weighted by Crippen LogP contribution is -2.32. The maximum Gasteiger partial charge on any atom is 0.211 e. The number of hydrogen-bond donors (Lipinski definition) is 4. The maximum atomic E-state index is 9.45. The molecule has 6 N–H and O–H groups in total. The minimum Gasteiger partial charge on any atom is -0.490 e. The summed E-state index contributed by atoms with van der Waals surface area (Å²) >= 11 is 3.56. The minimum atomic E-state index is -0.693. The SMILES string of the molecule is CCOc1cc(Br)c(C2N=C(NC#N)Nc3nc(N)c(C#N)c(N)c32)cc1OCC. The van der Waals surface area contributed by atoms with Crippen LogP contribution in [0, 0.1) is 22.8 Å². The quantitative estimate of drug-likeness (QED) is 0.378. The molecule has 0 bridgehead atoms. The number of nitriles is 2. The van der Waals surface area contributed by atoms with E-state index in [2.05, 4.69) is 36.5 Å². The molecule has 2 heterocycles. The van der Waals surface area contributed by atoms with Crippen LogP contribution in [0.3, 0.4) is 0 Å². The van der Waals surface area contributed by atoms with Gasteiger partial charge in [0.05, 0.1) is 18.9 Å². The van der Waals surface area contributed by atoms with Crippen LogP contribution in [0.2, 0.25) is 0 Å². The van der Waals surface area contributed by atoms with Gasteiger partial charge >= 0.3 is 0 Å². The average molecular weight is 471 g/mol. The largest absolute Gasteiger partial charge is 0.490 e. The van der Waals surface area contributed by atoms with Crippen LogP contribution in [-0.4, -0.2) is 24.2 Å². The van der Waals surface area contributed by atoms with Gasteiger partial charge in [-0.1, -0.05) is 15.9 Å². The Morgan fingerprint density at radius 1 is 1.20 bits per heavy atom. The fraction of sp³-hybridized carbons (Fsp3) is 0.263. The highest BCUT2D eigenvalue weighted by atomic mass is 79.9. The molecule has 30 heavy (non-hydrogen) atoms. The van der Waals surface area contributed by atoms with Crippen molar-refractivity contribution < 1.29 is 9.47 Å². The molecule has 154 valence electrons. The highest BCUT2D eigenvalue weighted by Gasteiger charge is 2.31. The number of anilines is 3. The second-order valence-corrected chi connectivity index (χ2v) is 6.94. The van der Waals surface area contributed by atoms with E-state index in [-0.39, 0.29) is 23.0 Å². The Kier molecular flexibility index (Phi) is 6.14. The third kappa shape index (κ3) is 3.75. The standard InChI is InChI=1S/C19H19BrN8O2/c1-3-29-12-5-9(11(20)6-13(12)30-4-2)16-14-15(23)10(7-21)17(24)27-18(14)28-19(26-16)25-8-22/h5-6,16H,3-4H2,1-2H3,(H6,23,24,25,26,27,28). The molecule has 11 heteroatoms. The highest BCUT2D eigenvalue weighted by Crippen LogP contribution is 2.45. The zero-order valence-corrected chi connectivity index (χ0v) is 17.9. The normalized spacial score (nSPS) is 14.4. The Morgan fingerprint density at radius 2 is 1.87 bits per heavy atom. The molecular formula is C19H19BrN8O2. The van der Waals surface area contributed by atoms with Gasteiger partial charge in [0.25, 0.3) is 0 Å². The highest BCUT2D eigenvalue weighted by molar-refractivity contribution is 9.10. The van der Waals surface area contributed by atoms with Gasteiger partial charge in [0.1, 0.15) is 29.3 Å². The number of nitrogens with two attached hydrogens (primary N) is 2. The summed E-state index contributed by atoms with van der Waals surface area (Å²) in [6.07, 6.45) is 1.82. The fourth-order valence-electron chi connectivity index (χ4n) is 3.10. The van der Waals surface area contributed by atoms with E-state index in [0.29, 0.717) is 46.1 Å². The summed E-state index contributed by atoms with van der Waals surface area (Å²) in [5.41, 5.74) is 13.5. The van der Waals surface area contributed by atoms with Crippen LogP contribution in [0.5, 0.6) is 11.5 Å². The number of fused-ring (bicyclic) bond motifs is 1. The Morgan fingerprint density at radius 3 is 2.47 bits per heavy atom. The Hall–Kier alpha value is -3.70. The molecule has 10 nitrogen and oxygen atoms in total. The Bertz CT molecular complexity index is 1100. The molecule has 0 amide bonds. The summed E-state index contributed by atoms with van der Waals surface area (Å²) in [7, 11) is 0. The number of nitrogens with one attached hydrogen (secondary N) is 2. The molecule has 1 aliphatic rings. The zero-order chi connectivity index (χ0) is 21.8. The van der Waals surface area contributed by atoms with Crippen molar-refractivity contribution in [1.82, 2.24) is 10.3 Å². The first-order valence-electron chi connectivity index (χ1n) is 9.02. The van der Waals surface area contributed by atoms with Crippen LogP contribution in [0.4, 0.5) is 17.3 Å². The smallest absolute Gasteiger partial charge is 0.211 e. The molecule has 1 unspecified atom stereocenters. The zero-order valence-electron chi connectivity index (χ0n) is 16.3. The molecule has 0 spiro atoms. The minimum absolute atomic E-state index is 0.0148. The van der Waals surface area contributed by atoms with Gasteiger partial charge in [-0.15, -0.1) is 0 Å². The van der Waals surface area contributed by atoms with E-state index in [0.717, 1.165) is 0 Å². The predicted octanol–water partition coefficient (Wildman–Crippen LogP) is 2.62. The fourth-order valence-corrected chi connectivity index (χ4v) is 3.64. The lowest BCUT2D eigenvalue weighted by Gasteiger charge is -2.27. The molecule has 0 aliphatic carbocycles. The van der Waals surface area contributed by atoms with E-state index in [4.69, 9.17) is 26.2 Å². The monoisotopic (exact) mass is 470 g/mol. The number of nitrogens with zero attached hydrogens (tertiary/aromatic N) is 4. The summed E-state index contributed by atoms with van der Waals surface area (Å²) in [6, 6.07) is 4.86. The second kappa shape index (κ2) is 8.76. The van der Waals surface area contributed by atoms with Gasteiger partial charge in [0.2, 0.25) is 5.96 Å². The number of hydrogen-bond acceptors (Lipinski definition) is 10. The molecule has 0 radical (unpaired) electrons. The lowest BCUT2D eigenvalue weighted by molar-refractivity contribution is 0.287. The van der Waals surface area contributed by atoms with Crippen molar-refractivity contribution in [3.63, 3.8) is 0 Å². The van der Waals surface area contributed by atoms with Crippen LogP contribution < -0.4 is 31.6 Å². The van der Waals surface area contributed by atoms with Crippen LogP contribution in [-0.2, 0) is 0 Å². The van der Waals surface area contributed by atoms with Crippen LogP contribution in [0.15, 0.2) is 21.6 Å². The number of halogens is 1. The molecule has 1 aromatic heterocycles. The Balaban J connectivity index is 2.26. The number of nitrogen functional groups attached to an aromatic ring is 2. The van der Waals surface area contributed by atoms with Crippen LogP contribution in [0.25, 0.3) is 0 Å². The summed E-state index contributed by atoms with van der Waals surface area (Å²) in [5.74, 6) is 1.57. The molecule has 1 aliphatic heterocycles. The number of aromatic nitrogens is 1. The van der Waals surface area contributed by atoms with Crippen molar-refractivity contribution in [3.8, 4) is 23.8 Å². The molecule has 0 fully saturated rings. The number of pyridine rings is 1. The van der Waals surface area contributed by atoms with Crippen LogP contribution >= 0.6 is 15.9 Å². The van der Waals surface area contributed by atoms with Crippen LogP contribution in [0.1, 0.15) is 36.6 Å². The van der Waals surface area contributed by atoms with E-state index in [1.165, 1.54) is 0 Å². The molecule has 0 saturated carbocycles. The van der Waals surface area contributed by atoms with E-state index in [1.807, 2.05) is 26.1 Å². The van der Waals surface area contributed by atoms with Gasteiger partial charge in [0, 0.05) is 10.0 Å². The first-order chi connectivity index (χ1) is 14.4. The lowest BCUT2D eigenvalue weighted by atomic mass is 9.95. The predicted molar refractivity (Wildman–Crippen MR) is 116 cm³/mol. The van der Waals surface area contributed by atoms with Crippen molar-refractivity contribution in [2.24, 2.45) is 4.99 Å². The van der Waals surface area contributed by atoms with Crippen molar-refractivity contribution in [2.45, 2.75) is 19.9 Å². The summed E-state index contributed by atoms with van der Waals surface area (Å²) in [4.78, 5) is 8.81. The number of aliphatic imine (C=N–C) groups is 1. The molecule has 1 atom stereocenters. The van der Waals surface area contributed by atoms with Crippen molar-refractivity contribution in [3.05, 3.63) is 33.3 Å². The van der Waals surface area contributed by atoms with Crippen molar-refractivity contribution in [1.29, 1.82) is 10.5 Å². The third-order valence-electron chi connectivity index (χ3n) is 4.31. The molecule has 1 aromatic carbocycles. The molecule has 2 aromatic rings. The average Bonchev–Trinajstić information content (AvgIpc) is 2.70. The Labute approximate surface area is 181 Å². The number of rotatable bonds is 5. The van der Waals surface area contributed by atoms with Gasteiger partial charge in [0.15, 0.2) is 17.7 Å². The van der Waals surface area contributed by atoms with Gasteiger partial charge in [-0.05, 0) is 31.5 Å². The van der Waals surface area contributed by atoms with Gasteiger partial charge in [-0.3, -0.25) is 5.32 Å². The number of benzene rings is 1. The third-order valence-corrected chi connectivity index (χ3v) is 5.00. The molecule has 3 rings (SSSR count). The summed E-state index contributed by atoms with van der Waals surface area (Å²) < 4.78 is 12.1. The summed E-state index contributed by atoms with van der Waals surface area (Å²) in [5, 5.41) is 23.8. The van der Waals surface area contributed by atoms with Gasteiger partial charge < -0.3 is 26.3 Å². The first-order valence-corrected chi connectivity index (χ1v) is 9.82. The number of ether oxygens (including phenoxy) is 2. The first kappa shape index (κ1) is 21.0. The molecule has 0 saturated heterocycles. The maximum absolute atomic E-state index is 9.45. The van der Waals surface area contributed by atoms with Crippen molar-refractivity contribution in [2.75, 3.05) is 30.0 Å². The summed E-state index contributed by atoms with van der Waals surface area (Å²) in [6.45, 7) is 4.66. The van der Waals surface area contributed by atoms with E-state index >= 15 is 0 Å².